The Hall–Kier alpha value is -2.61. The van der Waals surface area contributed by atoms with E-state index in [1.807, 2.05) is 6.07 Å². The largest absolute Gasteiger partial charge is 0.381 e. The number of hydrogen-bond donors (Lipinski definition) is 1. The van der Waals surface area contributed by atoms with E-state index in [2.05, 4.69) is 29.8 Å². The van der Waals surface area contributed by atoms with Crippen LogP contribution in [-0.2, 0) is 19.3 Å². The summed E-state index contributed by atoms with van der Waals surface area (Å²) in [5, 5.41) is 13.1. The first-order valence-corrected chi connectivity index (χ1v) is 11.7. The Labute approximate surface area is 183 Å². The molecule has 0 aliphatic heterocycles. The van der Waals surface area contributed by atoms with Gasteiger partial charge in [0.25, 0.3) is 0 Å². The molecule has 3 aliphatic carbocycles. The summed E-state index contributed by atoms with van der Waals surface area (Å²) in [5.41, 5.74) is 5.54. The number of benzene rings is 1. The van der Waals surface area contributed by atoms with Crippen LogP contribution in [0.5, 0.6) is 0 Å². The maximum atomic E-state index is 15.1. The van der Waals surface area contributed by atoms with Crippen molar-refractivity contribution in [3.8, 4) is 11.8 Å². The van der Waals surface area contributed by atoms with Crippen molar-refractivity contribution in [2.75, 3.05) is 5.32 Å². The van der Waals surface area contributed by atoms with Gasteiger partial charge in [0.1, 0.15) is 17.4 Å². The van der Waals surface area contributed by atoms with E-state index in [0.717, 1.165) is 74.0 Å². The molecule has 1 heterocycles. The SMILES string of the molecule is CC1(C)CC(=O)c2c3c(n(-c4cc(F)c(C#N)c(NC5CCCCC5)c4)c2C1)CCC3. The van der Waals surface area contributed by atoms with Crippen LogP contribution in [0.3, 0.4) is 0 Å². The average molecular weight is 420 g/mol. The van der Waals surface area contributed by atoms with Gasteiger partial charge in [-0.3, -0.25) is 4.79 Å². The second-order valence-electron chi connectivity index (χ2n) is 10.3. The molecule has 1 N–H and O–H groups in total. The Balaban J connectivity index is 1.65. The van der Waals surface area contributed by atoms with Crippen LogP contribution in [0.15, 0.2) is 12.1 Å². The van der Waals surface area contributed by atoms with E-state index in [1.165, 1.54) is 18.1 Å². The van der Waals surface area contributed by atoms with E-state index in [-0.39, 0.29) is 22.8 Å². The number of carbonyl (C=O) groups is 1. The summed E-state index contributed by atoms with van der Waals surface area (Å²) < 4.78 is 17.3. The molecule has 4 nitrogen and oxygen atoms in total. The Morgan fingerprint density at radius 1 is 1.10 bits per heavy atom. The number of anilines is 1. The lowest BCUT2D eigenvalue weighted by Crippen LogP contribution is -2.28. The fourth-order valence-electron chi connectivity index (χ4n) is 5.96. The number of ketones is 1. The molecule has 0 spiro atoms. The minimum absolute atomic E-state index is 0.0865. The molecule has 0 bridgehead atoms. The summed E-state index contributed by atoms with van der Waals surface area (Å²) in [6.07, 6.45) is 9.88. The normalized spacial score (nSPS) is 20.3. The van der Waals surface area contributed by atoms with Gasteiger partial charge in [0.15, 0.2) is 5.78 Å². The monoisotopic (exact) mass is 419 g/mol. The van der Waals surface area contributed by atoms with Crippen LogP contribution < -0.4 is 5.32 Å². The van der Waals surface area contributed by atoms with Crippen LogP contribution in [0.25, 0.3) is 5.69 Å². The van der Waals surface area contributed by atoms with Gasteiger partial charge in [-0.25, -0.2) is 4.39 Å². The molecule has 0 saturated heterocycles. The maximum absolute atomic E-state index is 15.1. The zero-order valence-electron chi connectivity index (χ0n) is 18.5. The fourth-order valence-corrected chi connectivity index (χ4v) is 5.96. The van der Waals surface area contributed by atoms with E-state index in [1.54, 1.807) is 0 Å². The van der Waals surface area contributed by atoms with Gasteiger partial charge >= 0.3 is 0 Å². The Kier molecular flexibility index (Phi) is 4.92. The van der Waals surface area contributed by atoms with Crippen molar-refractivity contribution in [3.05, 3.63) is 46.0 Å². The standard InChI is InChI=1S/C26H30FN3O/c1-26(2)13-23-25(24(31)14-26)18-9-6-10-22(18)30(23)17-11-20(27)19(15-28)21(12-17)29-16-7-4-3-5-8-16/h11-12,16,29H,3-10,13-14H2,1-2H3. The molecular weight excluding hydrogens is 389 g/mol. The van der Waals surface area contributed by atoms with Crippen LogP contribution in [-0.4, -0.2) is 16.4 Å². The number of fused-ring (bicyclic) bond motifs is 3. The predicted molar refractivity (Wildman–Crippen MR) is 119 cm³/mol. The highest BCUT2D eigenvalue weighted by molar-refractivity contribution is 6.01. The van der Waals surface area contributed by atoms with E-state index >= 15 is 4.39 Å². The molecule has 162 valence electrons. The Morgan fingerprint density at radius 3 is 2.61 bits per heavy atom. The van der Waals surface area contributed by atoms with Gasteiger partial charge in [0.05, 0.1) is 11.4 Å². The zero-order valence-corrected chi connectivity index (χ0v) is 18.5. The lowest BCUT2D eigenvalue weighted by molar-refractivity contribution is 0.0910. The van der Waals surface area contributed by atoms with E-state index in [9.17, 15) is 10.1 Å². The van der Waals surface area contributed by atoms with Crippen LogP contribution in [0, 0.1) is 22.6 Å². The van der Waals surface area contributed by atoms with Gasteiger partial charge in [-0.05, 0) is 61.6 Å². The van der Waals surface area contributed by atoms with E-state index in [4.69, 9.17) is 0 Å². The van der Waals surface area contributed by atoms with Crippen molar-refractivity contribution < 1.29 is 9.18 Å². The molecule has 5 rings (SSSR count). The number of halogens is 1. The summed E-state index contributed by atoms with van der Waals surface area (Å²) in [7, 11) is 0. The highest BCUT2D eigenvalue weighted by atomic mass is 19.1. The van der Waals surface area contributed by atoms with Gasteiger partial charge in [-0.2, -0.15) is 5.26 Å². The number of aromatic nitrogens is 1. The number of hydrogen-bond acceptors (Lipinski definition) is 3. The second-order valence-corrected chi connectivity index (χ2v) is 10.3. The molecule has 2 aromatic rings. The molecule has 1 aromatic heterocycles. The third kappa shape index (κ3) is 3.46. The molecule has 1 saturated carbocycles. The fraction of sp³-hybridized carbons (Fsp3) is 0.538. The highest BCUT2D eigenvalue weighted by Gasteiger charge is 2.39. The van der Waals surface area contributed by atoms with Crippen molar-refractivity contribution >= 4 is 11.5 Å². The van der Waals surface area contributed by atoms with Crippen molar-refractivity contribution in [2.24, 2.45) is 5.41 Å². The molecule has 31 heavy (non-hydrogen) atoms. The van der Waals surface area contributed by atoms with Gasteiger partial charge in [0.2, 0.25) is 0 Å². The van der Waals surface area contributed by atoms with Gasteiger partial charge in [-0.1, -0.05) is 33.1 Å². The molecule has 0 amide bonds. The summed E-state index contributed by atoms with van der Waals surface area (Å²) in [6.45, 7) is 4.26. The predicted octanol–water partition coefficient (Wildman–Crippen LogP) is 5.88. The lowest BCUT2D eigenvalue weighted by atomic mass is 9.75. The smallest absolute Gasteiger partial charge is 0.165 e. The Morgan fingerprint density at radius 2 is 1.87 bits per heavy atom. The molecule has 0 atom stereocenters. The van der Waals surface area contributed by atoms with Crippen LogP contribution in [0.1, 0.15) is 91.7 Å². The number of rotatable bonds is 3. The second kappa shape index (κ2) is 7.51. The first-order valence-electron chi connectivity index (χ1n) is 11.7. The van der Waals surface area contributed by atoms with Crippen LogP contribution in [0.4, 0.5) is 10.1 Å². The quantitative estimate of drug-likeness (QED) is 0.676. The molecular formula is C26H30FN3O. The first kappa shape index (κ1) is 20.3. The van der Waals surface area contributed by atoms with Crippen molar-refractivity contribution in [2.45, 2.75) is 84.1 Å². The summed E-state index contributed by atoms with van der Waals surface area (Å²) >= 11 is 0. The number of carbonyl (C=O) groups excluding carboxylic acids is 1. The summed E-state index contributed by atoms with van der Waals surface area (Å²) in [5.74, 6) is -0.272. The van der Waals surface area contributed by atoms with Crippen LogP contribution >= 0.6 is 0 Å². The molecule has 1 aromatic carbocycles. The van der Waals surface area contributed by atoms with Crippen LogP contribution in [0.2, 0.25) is 0 Å². The van der Waals surface area contributed by atoms with E-state index in [0.29, 0.717) is 12.1 Å². The molecule has 0 unspecified atom stereocenters. The highest BCUT2D eigenvalue weighted by Crippen LogP contribution is 2.43. The van der Waals surface area contributed by atoms with Gasteiger partial charge in [0, 0.05) is 29.4 Å². The number of nitrogens with one attached hydrogen (secondary N) is 1. The molecule has 0 radical (unpaired) electrons. The average Bonchev–Trinajstić information content (AvgIpc) is 3.27. The maximum Gasteiger partial charge on any atom is 0.165 e. The summed E-state index contributed by atoms with van der Waals surface area (Å²) in [6, 6.07) is 5.75. The molecule has 1 fully saturated rings. The molecule has 5 heteroatoms. The van der Waals surface area contributed by atoms with Crippen molar-refractivity contribution in [3.63, 3.8) is 0 Å². The van der Waals surface area contributed by atoms with E-state index < -0.39 is 5.82 Å². The third-order valence-electron chi connectivity index (χ3n) is 7.29. The number of nitrogens with zero attached hydrogens (tertiary/aromatic N) is 2. The number of nitriles is 1. The molecule has 3 aliphatic rings. The first-order chi connectivity index (χ1) is 14.9. The third-order valence-corrected chi connectivity index (χ3v) is 7.29. The summed E-state index contributed by atoms with van der Waals surface area (Å²) in [4.78, 5) is 13.1. The van der Waals surface area contributed by atoms with Crippen molar-refractivity contribution in [1.82, 2.24) is 4.57 Å². The van der Waals surface area contributed by atoms with Crippen molar-refractivity contribution in [1.29, 1.82) is 5.26 Å². The lowest BCUT2D eigenvalue weighted by Gasteiger charge is -2.30. The minimum atomic E-state index is -0.492. The minimum Gasteiger partial charge on any atom is -0.381 e. The zero-order chi connectivity index (χ0) is 21.8. The topological polar surface area (TPSA) is 57.8 Å². The van der Waals surface area contributed by atoms with Gasteiger partial charge < -0.3 is 9.88 Å². The number of Topliss-reactive ketones (excluding diaryl/α,β-unsaturated/α-hetero) is 1. The Bertz CT molecular complexity index is 1100. The van der Waals surface area contributed by atoms with Gasteiger partial charge in [-0.15, -0.1) is 0 Å².